The van der Waals surface area contributed by atoms with Gasteiger partial charge in [-0.3, -0.25) is 19.2 Å². The summed E-state index contributed by atoms with van der Waals surface area (Å²) in [5.74, 6) is -4.40. The summed E-state index contributed by atoms with van der Waals surface area (Å²) < 4.78 is 21.4. The second kappa shape index (κ2) is 7.98. The largest absolute Gasteiger partial charge is 0.348 e. The number of halogens is 1. The van der Waals surface area contributed by atoms with Crippen LogP contribution in [0, 0.1) is 18.2 Å². The third-order valence-electron chi connectivity index (χ3n) is 8.40. The average Bonchev–Trinajstić information content (AvgIpc) is 3.47. The Hall–Kier alpha value is -4.55. The average molecular weight is 517 g/mol. The number of hydrogen-bond acceptors (Lipinski definition) is 5. The summed E-state index contributed by atoms with van der Waals surface area (Å²) in [6.07, 6.45) is -1.28. The Morgan fingerprint density at radius 1 is 0.615 bits per heavy atom. The van der Waals surface area contributed by atoms with E-state index in [4.69, 9.17) is 4.74 Å². The summed E-state index contributed by atoms with van der Waals surface area (Å²) >= 11 is 0. The van der Waals surface area contributed by atoms with Crippen LogP contribution in [-0.2, 0) is 4.74 Å². The number of Topliss-reactive ketones (excluding diaryl/α,β-unsaturated/α-hetero) is 4. The van der Waals surface area contributed by atoms with Crippen molar-refractivity contribution in [1.29, 1.82) is 0 Å². The number of rotatable bonds is 2. The highest BCUT2D eigenvalue weighted by Gasteiger charge is 2.79. The van der Waals surface area contributed by atoms with Crippen LogP contribution in [0.3, 0.4) is 0 Å². The predicted octanol–water partition coefficient (Wildman–Crippen LogP) is 5.87. The monoisotopic (exact) mass is 516 g/mol. The van der Waals surface area contributed by atoms with Gasteiger partial charge in [-0.1, -0.05) is 90.5 Å². The van der Waals surface area contributed by atoms with Gasteiger partial charge in [-0.15, -0.1) is 0 Å². The summed E-state index contributed by atoms with van der Waals surface area (Å²) in [6, 6.07) is 25.3. The second-order valence-corrected chi connectivity index (χ2v) is 10.4. The first kappa shape index (κ1) is 23.6. The van der Waals surface area contributed by atoms with Crippen LogP contribution in [0.15, 0.2) is 97.1 Å². The van der Waals surface area contributed by atoms with Gasteiger partial charge < -0.3 is 4.74 Å². The zero-order chi connectivity index (χ0) is 27.1. The molecular formula is C33H21FO5. The molecule has 3 aliphatic rings. The zero-order valence-electron chi connectivity index (χ0n) is 20.8. The molecule has 0 unspecified atom stereocenters. The van der Waals surface area contributed by atoms with Gasteiger partial charge >= 0.3 is 0 Å². The van der Waals surface area contributed by atoms with E-state index in [1.54, 1.807) is 54.6 Å². The van der Waals surface area contributed by atoms with E-state index in [0.29, 0.717) is 5.56 Å². The molecule has 190 valence electrons. The standard InChI is InChI=1S/C33H21FO5/c1-18-13-15-19(16-14-18)31-32(27(35)22-9-2-3-10-23(22)28(32)36)26(20-7-6-8-21(34)17-20)33(39-31)29(37)24-11-4-5-12-25(24)30(33)38/h2-17,26,31H,1H3/t26-,31+/m1/s1. The smallest absolute Gasteiger partial charge is 0.204 e. The topological polar surface area (TPSA) is 77.5 Å². The van der Waals surface area contributed by atoms with Crippen molar-refractivity contribution in [3.8, 4) is 0 Å². The molecule has 6 heteroatoms. The zero-order valence-corrected chi connectivity index (χ0v) is 20.8. The Morgan fingerprint density at radius 2 is 1.13 bits per heavy atom. The molecule has 0 N–H and O–H groups in total. The molecule has 4 aromatic rings. The normalized spacial score (nSPS) is 22.1. The van der Waals surface area contributed by atoms with Gasteiger partial charge in [0.1, 0.15) is 17.3 Å². The van der Waals surface area contributed by atoms with Gasteiger partial charge in [0.05, 0.1) is 5.92 Å². The second-order valence-electron chi connectivity index (χ2n) is 10.4. The summed E-state index contributed by atoms with van der Waals surface area (Å²) in [7, 11) is 0. The van der Waals surface area contributed by atoms with Gasteiger partial charge in [-0.25, -0.2) is 4.39 Å². The van der Waals surface area contributed by atoms with Gasteiger partial charge in [0.25, 0.3) is 0 Å². The Bertz CT molecular complexity index is 1680. The summed E-state index contributed by atoms with van der Waals surface area (Å²) in [6.45, 7) is 1.90. The molecule has 4 aromatic carbocycles. The number of carbonyl (C=O) groups excluding carboxylic acids is 4. The van der Waals surface area contributed by atoms with Gasteiger partial charge in [0.15, 0.2) is 11.6 Å². The minimum Gasteiger partial charge on any atom is -0.348 e. The highest BCUT2D eigenvalue weighted by atomic mass is 19.1. The minimum atomic E-state index is -2.24. The van der Waals surface area contributed by atoms with Crippen molar-refractivity contribution in [3.05, 3.63) is 142 Å². The van der Waals surface area contributed by atoms with Crippen molar-refractivity contribution in [3.63, 3.8) is 0 Å². The molecule has 1 fully saturated rings. The van der Waals surface area contributed by atoms with Crippen molar-refractivity contribution in [2.24, 2.45) is 5.41 Å². The molecule has 0 saturated carbocycles. The van der Waals surface area contributed by atoms with Gasteiger partial charge in [0.2, 0.25) is 17.2 Å². The van der Waals surface area contributed by atoms with E-state index in [1.165, 1.54) is 30.3 Å². The first-order valence-electron chi connectivity index (χ1n) is 12.7. The van der Waals surface area contributed by atoms with Crippen molar-refractivity contribution >= 4 is 23.1 Å². The summed E-state index contributed by atoms with van der Waals surface area (Å²) in [5.41, 5.74) is -1.97. The maximum atomic E-state index is 14.8. The number of benzene rings is 4. The van der Waals surface area contributed by atoms with Crippen LogP contribution in [0.5, 0.6) is 0 Å². The molecule has 0 bridgehead atoms. The number of ketones is 4. The molecule has 2 aliphatic carbocycles. The highest BCUT2D eigenvalue weighted by Crippen LogP contribution is 2.67. The van der Waals surface area contributed by atoms with E-state index in [0.717, 1.165) is 5.56 Å². The molecule has 0 amide bonds. The van der Waals surface area contributed by atoms with E-state index in [2.05, 4.69) is 0 Å². The van der Waals surface area contributed by atoms with Crippen LogP contribution in [0.25, 0.3) is 0 Å². The maximum Gasteiger partial charge on any atom is 0.204 e. The van der Waals surface area contributed by atoms with Crippen LogP contribution < -0.4 is 0 Å². The quantitative estimate of drug-likeness (QED) is 0.311. The van der Waals surface area contributed by atoms with Crippen LogP contribution in [0.2, 0.25) is 0 Å². The molecule has 5 nitrogen and oxygen atoms in total. The maximum absolute atomic E-state index is 14.8. The van der Waals surface area contributed by atoms with Crippen LogP contribution in [0.1, 0.15) is 70.1 Å². The van der Waals surface area contributed by atoms with Crippen molar-refractivity contribution < 1.29 is 28.3 Å². The first-order chi connectivity index (χ1) is 18.8. The lowest BCUT2D eigenvalue weighted by Crippen LogP contribution is -2.51. The molecule has 1 saturated heterocycles. The van der Waals surface area contributed by atoms with Crippen LogP contribution in [-0.4, -0.2) is 28.7 Å². The van der Waals surface area contributed by atoms with Gasteiger partial charge in [-0.05, 0) is 30.2 Å². The lowest BCUT2D eigenvalue weighted by atomic mass is 9.60. The Balaban J connectivity index is 1.60. The predicted molar refractivity (Wildman–Crippen MR) is 140 cm³/mol. The third kappa shape index (κ3) is 2.81. The number of fused-ring (bicyclic) bond motifs is 2. The van der Waals surface area contributed by atoms with E-state index in [1.807, 2.05) is 19.1 Å². The van der Waals surface area contributed by atoms with E-state index >= 15 is 0 Å². The van der Waals surface area contributed by atoms with Crippen molar-refractivity contribution in [2.75, 3.05) is 0 Å². The molecule has 1 aliphatic heterocycles. The van der Waals surface area contributed by atoms with Gasteiger partial charge in [-0.2, -0.15) is 0 Å². The lowest BCUT2D eigenvalue weighted by Gasteiger charge is -2.34. The molecule has 2 atom stereocenters. The molecular weight excluding hydrogens is 495 g/mol. The van der Waals surface area contributed by atoms with Gasteiger partial charge in [0, 0.05) is 22.3 Å². The number of aryl methyl sites for hydroxylation is 1. The van der Waals surface area contributed by atoms with E-state index < -0.39 is 52.0 Å². The third-order valence-corrected chi connectivity index (χ3v) is 8.40. The van der Waals surface area contributed by atoms with E-state index in [9.17, 15) is 23.6 Å². The molecule has 39 heavy (non-hydrogen) atoms. The molecule has 0 aromatic heterocycles. The van der Waals surface area contributed by atoms with Crippen LogP contribution in [0.4, 0.5) is 4.39 Å². The molecule has 0 radical (unpaired) electrons. The Morgan fingerprint density at radius 3 is 1.64 bits per heavy atom. The Labute approximate surface area is 223 Å². The number of ether oxygens (including phenoxy) is 1. The fourth-order valence-corrected chi connectivity index (χ4v) is 6.75. The fourth-order valence-electron chi connectivity index (χ4n) is 6.75. The van der Waals surface area contributed by atoms with E-state index in [-0.39, 0.29) is 27.8 Å². The fraction of sp³-hybridized carbons (Fsp3) is 0.152. The molecule has 1 heterocycles. The highest BCUT2D eigenvalue weighted by molar-refractivity contribution is 6.37. The first-order valence-corrected chi connectivity index (χ1v) is 12.7. The lowest BCUT2D eigenvalue weighted by molar-refractivity contribution is -0.0210. The number of hydrogen-bond donors (Lipinski definition) is 0. The number of carbonyl (C=O) groups is 4. The molecule has 7 rings (SSSR count). The molecule has 2 spiro atoms. The van der Waals surface area contributed by atoms with Crippen molar-refractivity contribution in [2.45, 2.75) is 24.5 Å². The SMILES string of the molecule is Cc1ccc([C@@H]2OC3(C(=O)c4ccccc4C3=O)[C@H](c3cccc(F)c3)C23C(=O)c2ccccc2C3=O)cc1. The summed E-state index contributed by atoms with van der Waals surface area (Å²) in [5, 5.41) is 0. The summed E-state index contributed by atoms with van der Waals surface area (Å²) in [4.78, 5) is 57.7. The Kier molecular flexibility index (Phi) is 4.82. The van der Waals surface area contributed by atoms with Crippen LogP contribution >= 0.6 is 0 Å². The van der Waals surface area contributed by atoms with Crippen molar-refractivity contribution in [1.82, 2.24) is 0 Å². The minimum absolute atomic E-state index is 0.152.